The zero-order chi connectivity index (χ0) is 12.9. The number of hydrogen-bond donors (Lipinski definition) is 0. The first-order valence-electron chi connectivity index (χ1n) is 5.04. The number of rotatable bonds is 6. The zero-order valence-corrected chi connectivity index (χ0v) is 12.7. The maximum atomic E-state index is 12.1. The Balaban J connectivity index is 2.89. The molecule has 0 radical (unpaired) electrons. The molecule has 4 nitrogen and oxygen atoms in total. The average Bonchev–Trinajstić information content (AvgIpc) is 2.23. The molecule has 0 saturated carbocycles. The topological polar surface area (TPSA) is 44.8 Å². The summed E-state index contributed by atoms with van der Waals surface area (Å²) in [7, 11) is -3.58. The maximum Gasteiger partial charge on any atom is 0.530 e. The molecular formula is C10H13BrClO4P. The van der Waals surface area contributed by atoms with Crippen molar-refractivity contribution in [2.45, 2.75) is 13.8 Å². The van der Waals surface area contributed by atoms with Gasteiger partial charge in [0.2, 0.25) is 0 Å². The first-order chi connectivity index (χ1) is 8.00. The van der Waals surface area contributed by atoms with Crippen molar-refractivity contribution in [2.75, 3.05) is 13.2 Å². The minimum atomic E-state index is -3.58. The van der Waals surface area contributed by atoms with Crippen molar-refractivity contribution in [3.05, 3.63) is 27.7 Å². The molecule has 0 spiro atoms. The highest BCUT2D eigenvalue weighted by molar-refractivity contribution is 9.10. The number of phosphoric acid groups is 1. The predicted octanol–water partition coefficient (Wildman–Crippen LogP) is 4.66. The standard InChI is InChI=1S/C10H13BrClO4P/c1-3-14-17(13,15-4-2)16-10-6-5-8(11)7-9(10)12/h5-7H,3-4H2,1-2H3. The largest absolute Gasteiger partial charge is 0.530 e. The third-order valence-corrected chi connectivity index (χ3v) is 4.04. The molecule has 0 N–H and O–H groups in total. The number of phosphoric ester groups is 1. The number of benzene rings is 1. The third-order valence-electron chi connectivity index (χ3n) is 1.68. The molecule has 0 aliphatic carbocycles. The van der Waals surface area contributed by atoms with Gasteiger partial charge in [-0.25, -0.2) is 4.57 Å². The summed E-state index contributed by atoms with van der Waals surface area (Å²) in [6, 6.07) is 4.96. The minimum absolute atomic E-state index is 0.228. The van der Waals surface area contributed by atoms with Crippen LogP contribution < -0.4 is 4.52 Å². The van der Waals surface area contributed by atoms with Crippen molar-refractivity contribution >= 4 is 35.4 Å². The van der Waals surface area contributed by atoms with E-state index in [9.17, 15) is 4.57 Å². The van der Waals surface area contributed by atoms with Crippen LogP contribution in [0.4, 0.5) is 0 Å². The minimum Gasteiger partial charge on any atom is -0.402 e. The molecule has 0 unspecified atom stereocenters. The molecule has 0 atom stereocenters. The Morgan fingerprint density at radius 1 is 1.29 bits per heavy atom. The van der Waals surface area contributed by atoms with E-state index in [0.29, 0.717) is 5.02 Å². The van der Waals surface area contributed by atoms with Gasteiger partial charge < -0.3 is 4.52 Å². The first kappa shape index (κ1) is 15.0. The fourth-order valence-corrected chi connectivity index (χ4v) is 3.05. The van der Waals surface area contributed by atoms with Crippen molar-refractivity contribution in [2.24, 2.45) is 0 Å². The van der Waals surface area contributed by atoms with E-state index in [1.54, 1.807) is 32.0 Å². The van der Waals surface area contributed by atoms with Gasteiger partial charge in [-0.1, -0.05) is 27.5 Å². The lowest BCUT2D eigenvalue weighted by Gasteiger charge is -2.17. The monoisotopic (exact) mass is 342 g/mol. The molecule has 7 heteroatoms. The van der Waals surface area contributed by atoms with Gasteiger partial charge in [0, 0.05) is 4.47 Å². The molecule has 0 aliphatic heterocycles. The molecule has 96 valence electrons. The summed E-state index contributed by atoms with van der Waals surface area (Å²) in [4.78, 5) is 0. The lowest BCUT2D eigenvalue weighted by molar-refractivity contribution is 0.167. The molecule has 1 rings (SSSR count). The summed E-state index contributed by atoms with van der Waals surface area (Å²) >= 11 is 9.21. The molecule has 0 aromatic heterocycles. The van der Waals surface area contributed by atoms with Crippen molar-refractivity contribution in [1.29, 1.82) is 0 Å². The highest BCUT2D eigenvalue weighted by Gasteiger charge is 2.28. The van der Waals surface area contributed by atoms with E-state index >= 15 is 0 Å². The van der Waals surface area contributed by atoms with Gasteiger partial charge in [0.1, 0.15) is 5.75 Å². The van der Waals surface area contributed by atoms with Crippen molar-refractivity contribution in [3.63, 3.8) is 0 Å². The van der Waals surface area contributed by atoms with Crippen molar-refractivity contribution in [3.8, 4) is 5.75 Å². The molecule has 1 aromatic carbocycles. The Morgan fingerprint density at radius 3 is 2.35 bits per heavy atom. The molecule has 0 amide bonds. The van der Waals surface area contributed by atoms with E-state index in [2.05, 4.69) is 15.9 Å². The Labute approximate surface area is 114 Å². The number of halogens is 2. The second-order valence-corrected chi connectivity index (χ2v) is 5.87. The third kappa shape index (κ3) is 4.60. The summed E-state index contributed by atoms with van der Waals surface area (Å²) in [6.07, 6.45) is 0. The van der Waals surface area contributed by atoms with Crippen LogP contribution in [0.1, 0.15) is 13.8 Å². The van der Waals surface area contributed by atoms with E-state index in [1.807, 2.05) is 0 Å². The first-order valence-corrected chi connectivity index (χ1v) is 7.67. The molecule has 0 aliphatic rings. The van der Waals surface area contributed by atoms with E-state index < -0.39 is 7.82 Å². The molecule has 17 heavy (non-hydrogen) atoms. The van der Waals surface area contributed by atoms with Gasteiger partial charge in [-0.05, 0) is 32.0 Å². The van der Waals surface area contributed by atoms with E-state index in [1.165, 1.54) is 0 Å². The van der Waals surface area contributed by atoms with Crippen LogP contribution in [-0.4, -0.2) is 13.2 Å². The second-order valence-electron chi connectivity index (χ2n) is 2.95. The van der Waals surface area contributed by atoms with Crippen LogP contribution in [0.3, 0.4) is 0 Å². The summed E-state index contributed by atoms with van der Waals surface area (Å²) in [5.41, 5.74) is 0. The maximum absolute atomic E-state index is 12.1. The lowest BCUT2D eigenvalue weighted by Crippen LogP contribution is -2.02. The van der Waals surface area contributed by atoms with Crippen molar-refractivity contribution < 1.29 is 18.1 Å². The number of hydrogen-bond acceptors (Lipinski definition) is 4. The van der Waals surface area contributed by atoms with Crippen LogP contribution in [0, 0.1) is 0 Å². The van der Waals surface area contributed by atoms with E-state index in [4.69, 9.17) is 25.2 Å². The van der Waals surface area contributed by atoms with E-state index in [-0.39, 0.29) is 19.0 Å². The van der Waals surface area contributed by atoms with Crippen molar-refractivity contribution in [1.82, 2.24) is 0 Å². The smallest absolute Gasteiger partial charge is 0.402 e. The SMILES string of the molecule is CCOP(=O)(OCC)Oc1ccc(Br)cc1Cl. The molecule has 0 saturated heterocycles. The molecular weight excluding hydrogens is 330 g/mol. The van der Waals surface area contributed by atoms with Gasteiger partial charge in [0.15, 0.2) is 0 Å². The van der Waals surface area contributed by atoms with Gasteiger partial charge in [-0.2, -0.15) is 0 Å². The molecule has 0 fully saturated rings. The Morgan fingerprint density at radius 2 is 1.88 bits per heavy atom. The van der Waals surface area contributed by atoms with Gasteiger partial charge in [0.25, 0.3) is 0 Å². The zero-order valence-electron chi connectivity index (χ0n) is 9.48. The van der Waals surface area contributed by atoms with Crippen LogP contribution in [0.5, 0.6) is 5.75 Å². The van der Waals surface area contributed by atoms with Crippen LogP contribution in [0.2, 0.25) is 5.02 Å². The van der Waals surface area contributed by atoms with Crippen LogP contribution in [0.25, 0.3) is 0 Å². The summed E-state index contributed by atoms with van der Waals surface area (Å²) in [5, 5.41) is 0.332. The molecule has 0 bridgehead atoms. The molecule has 1 aromatic rings. The van der Waals surface area contributed by atoms with E-state index in [0.717, 1.165) is 4.47 Å². The second kappa shape index (κ2) is 6.76. The highest BCUT2D eigenvalue weighted by Crippen LogP contribution is 2.50. The highest BCUT2D eigenvalue weighted by atomic mass is 79.9. The van der Waals surface area contributed by atoms with Crippen LogP contribution >= 0.6 is 35.4 Å². The molecule has 0 heterocycles. The summed E-state index contributed by atoms with van der Waals surface area (Å²) < 4.78 is 28.1. The summed E-state index contributed by atoms with van der Waals surface area (Å²) in [6.45, 7) is 3.87. The Hall–Kier alpha value is -0.0600. The van der Waals surface area contributed by atoms with Crippen LogP contribution in [0.15, 0.2) is 22.7 Å². The Bertz CT molecular complexity index is 417. The van der Waals surface area contributed by atoms with Crippen LogP contribution in [-0.2, 0) is 13.6 Å². The van der Waals surface area contributed by atoms with Gasteiger partial charge in [0.05, 0.1) is 18.2 Å². The lowest BCUT2D eigenvalue weighted by atomic mass is 10.3. The van der Waals surface area contributed by atoms with Gasteiger partial charge >= 0.3 is 7.82 Å². The summed E-state index contributed by atoms with van der Waals surface area (Å²) in [5.74, 6) is 0.264. The average molecular weight is 344 g/mol. The quantitative estimate of drug-likeness (QED) is 0.705. The van der Waals surface area contributed by atoms with Gasteiger partial charge in [-0.3, -0.25) is 9.05 Å². The van der Waals surface area contributed by atoms with Gasteiger partial charge in [-0.15, -0.1) is 0 Å². The fourth-order valence-electron chi connectivity index (χ4n) is 1.08. The predicted molar refractivity (Wildman–Crippen MR) is 70.6 cm³/mol. The normalized spacial score (nSPS) is 11.5. The fraction of sp³-hybridized carbons (Fsp3) is 0.400. The Kier molecular flexibility index (Phi) is 5.97.